The third-order valence-corrected chi connectivity index (χ3v) is 1.87. The Balaban J connectivity index is 2.41. The van der Waals surface area contributed by atoms with Gasteiger partial charge in [0.05, 0.1) is 12.2 Å². The van der Waals surface area contributed by atoms with Gasteiger partial charge in [0.25, 0.3) is 0 Å². The highest BCUT2D eigenvalue weighted by atomic mass is 16.3. The van der Waals surface area contributed by atoms with Gasteiger partial charge in [0.1, 0.15) is 0 Å². The van der Waals surface area contributed by atoms with E-state index in [4.69, 9.17) is 15.9 Å². The minimum Gasteiger partial charge on any atom is -0.390 e. The van der Waals surface area contributed by atoms with Gasteiger partial charge in [-0.25, -0.2) is 0 Å². The molecule has 1 rings (SSSR count). The Morgan fingerprint density at radius 1 is 1.22 bits per heavy atom. The van der Waals surface area contributed by atoms with Crippen LogP contribution in [-0.4, -0.2) is 28.5 Å². The summed E-state index contributed by atoms with van der Waals surface area (Å²) in [6, 6.07) is -0.214. The fraction of sp³-hybridized carbons (Fsp3) is 1.00. The van der Waals surface area contributed by atoms with Crippen molar-refractivity contribution < 1.29 is 10.2 Å². The number of aliphatic hydroxyl groups is 2. The van der Waals surface area contributed by atoms with Gasteiger partial charge in [-0.3, -0.25) is 0 Å². The molecule has 0 bridgehead atoms. The van der Waals surface area contributed by atoms with Crippen molar-refractivity contribution in [2.24, 2.45) is 5.73 Å². The summed E-state index contributed by atoms with van der Waals surface area (Å²) in [5.74, 6) is 0. The predicted octanol–water partition coefficient (Wildman–Crippen LogP) is -0.781. The van der Waals surface area contributed by atoms with Crippen molar-refractivity contribution in [1.82, 2.24) is 0 Å². The molecule has 1 fully saturated rings. The summed E-state index contributed by atoms with van der Waals surface area (Å²) in [4.78, 5) is 0. The third-order valence-electron chi connectivity index (χ3n) is 1.87. The Hall–Kier alpha value is -0.120. The van der Waals surface area contributed by atoms with E-state index in [-0.39, 0.29) is 6.04 Å². The maximum absolute atomic E-state index is 9.07. The van der Waals surface area contributed by atoms with Gasteiger partial charge in [-0.05, 0) is 19.3 Å². The summed E-state index contributed by atoms with van der Waals surface area (Å²) >= 11 is 0. The number of aliphatic hydroxyl groups excluding tert-OH is 2. The van der Waals surface area contributed by atoms with Crippen LogP contribution in [0.4, 0.5) is 0 Å². The zero-order valence-electron chi connectivity index (χ0n) is 5.33. The Morgan fingerprint density at radius 3 is 2.33 bits per heavy atom. The average Bonchev–Trinajstić information content (AvgIpc) is 1.83. The quantitative estimate of drug-likeness (QED) is 0.404. The lowest BCUT2D eigenvalue weighted by atomic mass is 9.91. The molecule has 0 aliphatic heterocycles. The zero-order chi connectivity index (χ0) is 6.85. The molecule has 0 aromatic heterocycles. The molecule has 3 nitrogen and oxygen atoms in total. The topological polar surface area (TPSA) is 66.5 Å². The zero-order valence-corrected chi connectivity index (χ0v) is 5.33. The van der Waals surface area contributed by atoms with Crippen LogP contribution < -0.4 is 5.73 Å². The molecule has 4 N–H and O–H groups in total. The number of hydrogen-bond acceptors (Lipinski definition) is 3. The van der Waals surface area contributed by atoms with E-state index in [0.717, 1.165) is 12.8 Å². The van der Waals surface area contributed by atoms with Crippen molar-refractivity contribution in [1.29, 1.82) is 0 Å². The van der Waals surface area contributed by atoms with Crippen LogP contribution in [0.15, 0.2) is 0 Å². The molecule has 0 aromatic carbocycles. The summed E-state index contributed by atoms with van der Waals surface area (Å²) in [5.41, 5.74) is 5.46. The van der Waals surface area contributed by atoms with Crippen LogP contribution in [-0.2, 0) is 0 Å². The Labute approximate surface area is 54.5 Å². The average molecular weight is 131 g/mol. The fourth-order valence-corrected chi connectivity index (χ4v) is 1.19. The van der Waals surface area contributed by atoms with E-state index in [1.807, 2.05) is 0 Å². The maximum atomic E-state index is 9.07. The maximum Gasteiger partial charge on any atom is 0.0949 e. The lowest BCUT2D eigenvalue weighted by molar-refractivity contribution is -0.0205. The molecule has 1 aliphatic carbocycles. The summed E-state index contributed by atoms with van der Waals surface area (Å²) in [7, 11) is 0. The lowest BCUT2D eigenvalue weighted by Gasteiger charge is -2.28. The third kappa shape index (κ3) is 1.41. The summed E-state index contributed by atoms with van der Waals surface area (Å²) in [5, 5.41) is 18.1. The highest BCUT2D eigenvalue weighted by Gasteiger charge is 2.26. The first-order chi connectivity index (χ1) is 4.22. The molecule has 9 heavy (non-hydrogen) atoms. The second kappa shape index (κ2) is 2.64. The molecule has 0 aromatic rings. The van der Waals surface area contributed by atoms with Crippen LogP contribution in [0.25, 0.3) is 0 Å². The van der Waals surface area contributed by atoms with Crippen molar-refractivity contribution in [3.8, 4) is 0 Å². The number of hydrogen-bond donors (Lipinski definition) is 3. The largest absolute Gasteiger partial charge is 0.390 e. The van der Waals surface area contributed by atoms with Crippen LogP contribution >= 0.6 is 0 Å². The van der Waals surface area contributed by atoms with Gasteiger partial charge in [0.15, 0.2) is 0 Å². The summed E-state index contributed by atoms with van der Waals surface area (Å²) in [6.45, 7) is 0. The first-order valence-corrected chi connectivity index (χ1v) is 3.33. The van der Waals surface area contributed by atoms with E-state index in [0.29, 0.717) is 6.42 Å². The van der Waals surface area contributed by atoms with Gasteiger partial charge in [-0.2, -0.15) is 0 Å². The van der Waals surface area contributed by atoms with Crippen molar-refractivity contribution in [3.05, 3.63) is 0 Å². The standard InChI is InChI=1S/C6H13NO2/c7-4-2-1-3-5(8)6(4)9/h4-6,8-9H,1-3,7H2/t4-,5-,6+/m0/s1. The Kier molecular flexibility index (Phi) is 2.05. The smallest absolute Gasteiger partial charge is 0.0949 e. The normalized spacial score (nSPS) is 45.0. The van der Waals surface area contributed by atoms with E-state index >= 15 is 0 Å². The van der Waals surface area contributed by atoms with Crippen molar-refractivity contribution in [3.63, 3.8) is 0 Å². The lowest BCUT2D eigenvalue weighted by Crippen LogP contribution is -2.46. The molecule has 0 unspecified atom stereocenters. The summed E-state index contributed by atoms with van der Waals surface area (Å²) in [6.07, 6.45) is 1.17. The minimum atomic E-state index is -0.696. The molecule has 0 saturated heterocycles. The first-order valence-electron chi connectivity index (χ1n) is 3.33. The van der Waals surface area contributed by atoms with E-state index in [1.165, 1.54) is 0 Å². The molecule has 0 heterocycles. The molecule has 0 radical (unpaired) electrons. The molecule has 54 valence electrons. The Morgan fingerprint density at radius 2 is 1.89 bits per heavy atom. The van der Waals surface area contributed by atoms with E-state index in [9.17, 15) is 0 Å². The molecular formula is C6H13NO2. The van der Waals surface area contributed by atoms with Gasteiger partial charge < -0.3 is 15.9 Å². The van der Waals surface area contributed by atoms with Gasteiger partial charge in [0.2, 0.25) is 0 Å². The van der Waals surface area contributed by atoms with Gasteiger partial charge in [-0.1, -0.05) is 0 Å². The molecule has 0 spiro atoms. The van der Waals surface area contributed by atoms with Crippen molar-refractivity contribution in [2.45, 2.75) is 37.5 Å². The second-order valence-corrected chi connectivity index (χ2v) is 2.65. The van der Waals surface area contributed by atoms with Crippen molar-refractivity contribution in [2.75, 3.05) is 0 Å². The monoisotopic (exact) mass is 131 g/mol. The number of rotatable bonds is 0. The minimum absolute atomic E-state index is 0.214. The van der Waals surface area contributed by atoms with Crippen molar-refractivity contribution >= 4 is 0 Å². The first kappa shape index (κ1) is 6.99. The second-order valence-electron chi connectivity index (χ2n) is 2.65. The predicted molar refractivity (Wildman–Crippen MR) is 33.8 cm³/mol. The van der Waals surface area contributed by atoms with Gasteiger partial charge >= 0.3 is 0 Å². The van der Waals surface area contributed by atoms with Gasteiger partial charge in [0, 0.05) is 6.04 Å². The van der Waals surface area contributed by atoms with Gasteiger partial charge in [-0.15, -0.1) is 0 Å². The van der Waals surface area contributed by atoms with Crippen LogP contribution in [0, 0.1) is 0 Å². The fourth-order valence-electron chi connectivity index (χ4n) is 1.19. The highest BCUT2D eigenvalue weighted by Crippen LogP contribution is 2.16. The molecule has 3 heteroatoms. The molecule has 1 saturated carbocycles. The van der Waals surface area contributed by atoms with Crippen LogP contribution in [0.5, 0.6) is 0 Å². The molecule has 1 aliphatic rings. The van der Waals surface area contributed by atoms with E-state index < -0.39 is 12.2 Å². The Bertz CT molecular complexity index is 87.1. The molecular weight excluding hydrogens is 118 g/mol. The van der Waals surface area contributed by atoms with E-state index in [2.05, 4.69) is 0 Å². The van der Waals surface area contributed by atoms with Crippen LogP contribution in [0.1, 0.15) is 19.3 Å². The highest BCUT2D eigenvalue weighted by molar-refractivity contribution is 4.83. The van der Waals surface area contributed by atoms with Crippen LogP contribution in [0.2, 0.25) is 0 Å². The number of nitrogens with two attached hydrogens (primary N) is 1. The van der Waals surface area contributed by atoms with Crippen LogP contribution in [0.3, 0.4) is 0 Å². The summed E-state index contributed by atoms with van der Waals surface area (Å²) < 4.78 is 0. The molecule has 3 atom stereocenters. The SMILES string of the molecule is N[C@H]1CCC[C@H](O)[C@@H]1O. The molecule has 0 amide bonds. The van der Waals surface area contributed by atoms with E-state index in [1.54, 1.807) is 0 Å².